The molecule has 3 aromatic carbocycles. The van der Waals surface area contributed by atoms with Crippen LogP contribution in [0.2, 0.25) is 0 Å². The van der Waals surface area contributed by atoms with Gasteiger partial charge in [0.1, 0.15) is 11.5 Å². The van der Waals surface area contributed by atoms with E-state index < -0.39 is 22.8 Å². The summed E-state index contributed by atoms with van der Waals surface area (Å²) >= 11 is 0. The van der Waals surface area contributed by atoms with Crippen molar-refractivity contribution in [2.45, 2.75) is 117 Å². The summed E-state index contributed by atoms with van der Waals surface area (Å²) in [5, 5.41) is 0. The van der Waals surface area contributed by atoms with Crippen molar-refractivity contribution >= 4 is 11.9 Å². The molecule has 0 saturated carbocycles. The molecule has 8 nitrogen and oxygen atoms in total. The fourth-order valence-corrected chi connectivity index (χ4v) is 5.34. The first kappa shape index (κ1) is 40.0. The highest BCUT2D eigenvalue weighted by Gasteiger charge is 2.15. The molecule has 0 fully saturated rings. The summed E-state index contributed by atoms with van der Waals surface area (Å²) in [7, 11) is 0. The predicted octanol–water partition coefficient (Wildman–Crippen LogP) is 9.88. The molecule has 50 heavy (non-hydrogen) atoms. The third-order valence-electron chi connectivity index (χ3n) is 8.38. The molecule has 0 unspecified atom stereocenters. The molecule has 0 amide bonds. The van der Waals surface area contributed by atoms with Gasteiger partial charge in [-0.1, -0.05) is 104 Å². The smallest absolute Gasteiger partial charge is 0.343 e. The molecule has 0 aliphatic heterocycles. The number of unbranched alkanes of at least 4 members (excludes halogenated alkanes) is 14. The van der Waals surface area contributed by atoms with Crippen molar-refractivity contribution in [1.82, 2.24) is 0 Å². The Morgan fingerprint density at radius 2 is 0.740 bits per heavy atom. The van der Waals surface area contributed by atoms with E-state index >= 15 is 0 Å². The summed E-state index contributed by atoms with van der Waals surface area (Å²) in [6, 6.07) is 17.4. The van der Waals surface area contributed by atoms with Gasteiger partial charge in [-0.15, -0.1) is 0 Å². The summed E-state index contributed by atoms with van der Waals surface area (Å²) in [6.07, 6.45) is 19.2. The second-order valence-electron chi connectivity index (χ2n) is 12.6. The van der Waals surface area contributed by atoms with Gasteiger partial charge in [0.15, 0.2) is 11.5 Å². The molecule has 0 atom stereocenters. The molecule has 0 spiro atoms. The van der Waals surface area contributed by atoms with Crippen LogP contribution in [0.15, 0.2) is 82.4 Å². The fourth-order valence-electron chi connectivity index (χ4n) is 5.34. The quantitative estimate of drug-likeness (QED) is 0.0677. The average Bonchev–Trinajstić information content (AvgIpc) is 3.41. The molecular weight excluding hydrogens is 632 g/mol. The maximum atomic E-state index is 12.8. The minimum absolute atomic E-state index is 0.132. The number of carbonyl (C=O) groups is 2. The molecule has 8 heteroatoms. The molecule has 0 aliphatic rings. The lowest BCUT2D eigenvalue weighted by molar-refractivity contribution is 0.0719. The highest BCUT2D eigenvalue weighted by molar-refractivity contribution is 5.94. The van der Waals surface area contributed by atoms with E-state index in [-0.39, 0.29) is 22.6 Å². The number of esters is 2. The minimum Gasteiger partial charge on any atom is -0.494 e. The van der Waals surface area contributed by atoms with Crippen LogP contribution in [0.4, 0.5) is 0 Å². The van der Waals surface area contributed by atoms with Crippen LogP contribution in [0.5, 0.6) is 23.0 Å². The van der Waals surface area contributed by atoms with E-state index in [0.29, 0.717) is 24.7 Å². The molecule has 0 heterocycles. The van der Waals surface area contributed by atoms with E-state index in [4.69, 9.17) is 18.9 Å². The Morgan fingerprint density at radius 3 is 1.10 bits per heavy atom. The maximum absolute atomic E-state index is 12.8. The zero-order valence-electron chi connectivity index (χ0n) is 29.9. The lowest BCUT2D eigenvalue weighted by Crippen LogP contribution is -2.15. The molecule has 0 aliphatic carbocycles. The van der Waals surface area contributed by atoms with Gasteiger partial charge in [-0.2, -0.15) is 0 Å². The number of ether oxygens (including phenoxy) is 4. The number of benzene rings is 1. The zero-order valence-corrected chi connectivity index (χ0v) is 29.9. The Morgan fingerprint density at radius 1 is 0.420 bits per heavy atom. The average molecular weight is 687 g/mol. The molecule has 0 radical (unpaired) electrons. The Balaban J connectivity index is 1.45. The largest absolute Gasteiger partial charge is 0.494 e. The van der Waals surface area contributed by atoms with Crippen molar-refractivity contribution in [3.63, 3.8) is 0 Å². The second-order valence-corrected chi connectivity index (χ2v) is 12.6. The summed E-state index contributed by atoms with van der Waals surface area (Å²) in [5.74, 6) is -0.753. The summed E-state index contributed by atoms with van der Waals surface area (Å²) < 4.78 is 22.3. The van der Waals surface area contributed by atoms with Crippen LogP contribution in [-0.4, -0.2) is 25.2 Å². The van der Waals surface area contributed by atoms with E-state index in [1.54, 1.807) is 24.3 Å². The van der Waals surface area contributed by atoms with E-state index in [9.17, 15) is 19.2 Å². The van der Waals surface area contributed by atoms with Crippen LogP contribution in [0.3, 0.4) is 0 Å². The van der Waals surface area contributed by atoms with Crippen molar-refractivity contribution < 1.29 is 28.5 Å². The zero-order chi connectivity index (χ0) is 35.8. The van der Waals surface area contributed by atoms with Gasteiger partial charge in [-0.3, -0.25) is 9.59 Å². The first-order valence-electron chi connectivity index (χ1n) is 18.5. The molecule has 0 bridgehead atoms. The molecule has 3 aromatic rings. The van der Waals surface area contributed by atoms with E-state index in [1.165, 1.54) is 126 Å². The highest BCUT2D eigenvalue weighted by atomic mass is 16.5. The Bertz CT molecular complexity index is 1450. The van der Waals surface area contributed by atoms with Crippen LogP contribution < -0.4 is 29.8 Å². The number of hydrogen-bond acceptors (Lipinski definition) is 8. The van der Waals surface area contributed by atoms with Gasteiger partial charge < -0.3 is 18.9 Å². The van der Waals surface area contributed by atoms with Crippen LogP contribution in [0, 0.1) is 0 Å². The van der Waals surface area contributed by atoms with Crippen molar-refractivity contribution in [3.8, 4) is 23.0 Å². The Kier molecular flexibility index (Phi) is 19.0. The normalized spacial score (nSPS) is 10.8. The topological polar surface area (TPSA) is 105 Å². The first-order valence-corrected chi connectivity index (χ1v) is 18.5. The predicted molar refractivity (Wildman–Crippen MR) is 198 cm³/mol. The SMILES string of the molecule is CCCCCCCCCCOc1ccc(OC(=O)c2ccc(C(=O)Oc3ccc(OCCCCCCCCCC)ccc3=O)cc2)c(=O)cc1. The number of rotatable bonds is 24. The fraction of sp³-hybridized carbons (Fsp3) is 0.476. The summed E-state index contributed by atoms with van der Waals surface area (Å²) in [6.45, 7) is 5.52. The van der Waals surface area contributed by atoms with E-state index in [1.807, 2.05) is 0 Å². The van der Waals surface area contributed by atoms with Crippen molar-refractivity contribution in [2.75, 3.05) is 13.2 Å². The van der Waals surface area contributed by atoms with Crippen LogP contribution in [-0.2, 0) is 0 Å². The van der Waals surface area contributed by atoms with Crippen LogP contribution in [0.1, 0.15) is 137 Å². The molecule has 0 aromatic heterocycles. The van der Waals surface area contributed by atoms with Gasteiger partial charge in [0.25, 0.3) is 0 Å². The Hall–Kier alpha value is -4.46. The molecule has 3 rings (SSSR count). The molecule has 270 valence electrons. The van der Waals surface area contributed by atoms with E-state index in [0.717, 1.165) is 25.7 Å². The third kappa shape index (κ3) is 15.4. The van der Waals surface area contributed by atoms with Gasteiger partial charge in [0.2, 0.25) is 10.9 Å². The van der Waals surface area contributed by atoms with Gasteiger partial charge in [0, 0.05) is 0 Å². The summed E-state index contributed by atoms with van der Waals surface area (Å²) in [5.41, 5.74) is -0.668. The second kappa shape index (κ2) is 23.8. The van der Waals surface area contributed by atoms with E-state index in [2.05, 4.69) is 13.8 Å². The van der Waals surface area contributed by atoms with Gasteiger partial charge >= 0.3 is 11.9 Å². The van der Waals surface area contributed by atoms with Crippen molar-refractivity contribution in [3.05, 3.63) is 104 Å². The van der Waals surface area contributed by atoms with Crippen molar-refractivity contribution in [1.29, 1.82) is 0 Å². The van der Waals surface area contributed by atoms with Gasteiger partial charge in [-0.05, 0) is 85.6 Å². The standard InChI is InChI=1S/C42H54O8/c1-3-5-7-9-11-13-15-17-31-47-35-23-27-37(43)39(29-25-35)49-41(45)33-19-21-34(22-20-33)42(46)50-40-30-26-36(24-28-38(40)44)48-32-18-16-14-12-10-8-6-4-2/h19-30H,3-18,31-32H2,1-2H3. The van der Waals surface area contributed by atoms with Crippen LogP contribution >= 0.6 is 0 Å². The molecule has 0 saturated heterocycles. The monoisotopic (exact) mass is 686 g/mol. The third-order valence-corrected chi connectivity index (χ3v) is 8.38. The van der Waals surface area contributed by atoms with Gasteiger partial charge in [-0.25, -0.2) is 9.59 Å². The molecular formula is C42H54O8. The minimum atomic E-state index is -0.758. The maximum Gasteiger partial charge on any atom is 0.343 e. The van der Waals surface area contributed by atoms with Crippen LogP contribution in [0.25, 0.3) is 0 Å². The lowest BCUT2D eigenvalue weighted by Gasteiger charge is -2.05. The van der Waals surface area contributed by atoms with Gasteiger partial charge in [0.05, 0.1) is 24.3 Å². The lowest BCUT2D eigenvalue weighted by atomic mass is 10.1. The Labute approximate surface area is 297 Å². The van der Waals surface area contributed by atoms with Crippen molar-refractivity contribution in [2.24, 2.45) is 0 Å². The molecule has 0 N–H and O–H groups in total. The summed E-state index contributed by atoms with van der Waals surface area (Å²) in [4.78, 5) is 50.7. The number of hydrogen-bond donors (Lipinski definition) is 0. The number of carbonyl (C=O) groups excluding carboxylic acids is 2. The first-order chi connectivity index (χ1) is 24.4. The highest BCUT2D eigenvalue weighted by Crippen LogP contribution is 2.17.